The minimum absolute atomic E-state index is 0.215. The number of hydrogen-bond donors (Lipinski definition) is 1. The molecule has 0 bridgehead atoms. The van der Waals surface area contributed by atoms with Crippen LogP contribution >= 0.6 is 0 Å². The number of amides is 2. The first-order valence-corrected chi connectivity index (χ1v) is 7.81. The molecule has 2 amide bonds. The number of anilines is 2. The maximum atomic E-state index is 12.6. The molecule has 3 aromatic rings. The second-order valence-corrected chi connectivity index (χ2v) is 5.45. The smallest absolute Gasteiger partial charge is 0.276 e. The van der Waals surface area contributed by atoms with Crippen molar-refractivity contribution in [2.24, 2.45) is 0 Å². The van der Waals surface area contributed by atoms with E-state index in [4.69, 9.17) is 0 Å². The van der Waals surface area contributed by atoms with E-state index in [1.165, 1.54) is 17.2 Å². The lowest BCUT2D eigenvalue weighted by molar-refractivity contribution is 0.0988. The zero-order valence-electron chi connectivity index (χ0n) is 13.7. The Kier molecular flexibility index (Phi) is 4.85. The molecule has 0 spiro atoms. The van der Waals surface area contributed by atoms with Gasteiger partial charge in [-0.15, -0.1) is 0 Å². The van der Waals surface area contributed by atoms with Gasteiger partial charge >= 0.3 is 0 Å². The molecule has 0 aliphatic rings. The van der Waals surface area contributed by atoms with Gasteiger partial charge < -0.3 is 10.2 Å². The van der Waals surface area contributed by atoms with E-state index in [9.17, 15) is 9.59 Å². The molecule has 0 saturated carbocycles. The Morgan fingerprint density at radius 3 is 2.24 bits per heavy atom. The number of nitrogens with zero attached hydrogens (tertiary/aromatic N) is 2. The largest absolute Gasteiger partial charge is 0.322 e. The van der Waals surface area contributed by atoms with Gasteiger partial charge in [0.1, 0.15) is 5.69 Å². The summed E-state index contributed by atoms with van der Waals surface area (Å²) in [7, 11) is 1.68. The first kappa shape index (κ1) is 16.4. The fourth-order valence-electron chi connectivity index (χ4n) is 2.35. The molecule has 0 radical (unpaired) electrons. The van der Waals surface area contributed by atoms with Crippen LogP contribution < -0.4 is 10.2 Å². The predicted molar refractivity (Wildman–Crippen MR) is 97.8 cm³/mol. The molecule has 1 heterocycles. The van der Waals surface area contributed by atoms with E-state index in [0.29, 0.717) is 11.3 Å². The van der Waals surface area contributed by atoms with Crippen molar-refractivity contribution >= 4 is 23.2 Å². The number of pyridine rings is 1. The summed E-state index contributed by atoms with van der Waals surface area (Å²) in [4.78, 5) is 30.6. The minimum atomic E-state index is -0.287. The first-order valence-electron chi connectivity index (χ1n) is 7.81. The van der Waals surface area contributed by atoms with Gasteiger partial charge in [0.25, 0.3) is 11.8 Å². The maximum Gasteiger partial charge on any atom is 0.276 e. The molecule has 0 atom stereocenters. The lowest BCUT2D eigenvalue weighted by Gasteiger charge is -2.17. The Hall–Kier alpha value is -3.47. The van der Waals surface area contributed by atoms with Crippen LogP contribution in [0, 0.1) is 0 Å². The van der Waals surface area contributed by atoms with E-state index >= 15 is 0 Å². The van der Waals surface area contributed by atoms with E-state index < -0.39 is 0 Å². The molecule has 25 heavy (non-hydrogen) atoms. The normalized spacial score (nSPS) is 10.1. The molecule has 1 aromatic heterocycles. The van der Waals surface area contributed by atoms with Crippen molar-refractivity contribution in [2.75, 3.05) is 17.3 Å². The summed E-state index contributed by atoms with van der Waals surface area (Å²) in [6.45, 7) is 0. The van der Waals surface area contributed by atoms with E-state index in [2.05, 4.69) is 10.3 Å². The van der Waals surface area contributed by atoms with Crippen LogP contribution in [0.1, 0.15) is 20.8 Å². The van der Waals surface area contributed by atoms with Gasteiger partial charge in [-0.3, -0.25) is 14.6 Å². The van der Waals surface area contributed by atoms with Gasteiger partial charge in [-0.2, -0.15) is 0 Å². The maximum absolute atomic E-state index is 12.6. The molecule has 1 N–H and O–H groups in total. The highest BCUT2D eigenvalue weighted by Gasteiger charge is 2.16. The fraction of sp³-hybridized carbons (Fsp3) is 0.0500. The Balaban J connectivity index is 1.79. The van der Waals surface area contributed by atoms with E-state index in [1.54, 1.807) is 25.2 Å². The molecular weight excluding hydrogens is 314 g/mol. The van der Waals surface area contributed by atoms with E-state index in [0.717, 1.165) is 5.69 Å². The van der Waals surface area contributed by atoms with Gasteiger partial charge in [0.05, 0.1) is 0 Å². The molecule has 0 aliphatic carbocycles. The molecule has 5 heteroatoms. The van der Waals surface area contributed by atoms with Crippen LogP contribution in [0.15, 0.2) is 79.0 Å². The van der Waals surface area contributed by atoms with Crippen LogP contribution in [0.25, 0.3) is 0 Å². The lowest BCUT2D eigenvalue weighted by Crippen LogP contribution is -2.27. The standard InChI is InChI=1S/C20H17N3O2/c1-23(17-10-6-3-7-11-17)20(25)18-14-15(12-13-21-18)19(24)22-16-8-4-2-5-9-16/h2-14H,1H3,(H,22,24). The van der Waals surface area contributed by atoms with Crippen LogP contribution in [0.5, 0.6) is 0 Å². The van der Waals surface area contributed by atoms with Crippen molar-refractivity contribution in [3.05, 3.63) is 90.3 Å². The first-order chi connectivity index (χ1) is 12.1. The summed E-state index contributed by atoms with van der Waals surface area (Å²) in [5.41, 5.74) is 2.04. The average molecular weight is 331 g/mol. The lowest BCUT2D eigenvalue weighted by atomic mass is 10.2. The monoisotopic (exact) mass is 331 g/mol. The Labute approximate surface area is 145 Å². The number of nitrogens with one attached hydrogen (secondary N) is 1. The number of hydrogen-bond acceptors (Lipinski definition) is 3. The van der Waals surface area contributed by atoms with Crippen LogP contribution in [-0.2, 0) is 0 Å². The van der Waals surface area contributed by atoms with Gasteiger partial charge in [0.15, 0.2) is 0 Å². The molecule has 0 saturated heterocycles. The van der Waals surface area contributed by atoms with Crippen molar-refractivity contribution in [3.8, 4) is 0 Å². The summed E-state index contributed by atoms with van der Waals surface area (Å²) in [5, 5.41) is 2.79. The SMILES string of the molecule is CN(C(=O)c1cc(C(=O)Nc2ccccc2)ccn1)c1ccccc1. The third kappa shape index (κ3) is 3.90. The highest BCUT2D eigenvalue weighted by molar-refractivity contribution is 6.08. The number of aromatic nitrogens is 1. The van der Waals surface area contributed by atoms with Gasteiger partial charge in [0, 0.05) is 30.2 Å². The number of carbonyl (C=O) groups is 2. The van der Waals surface area contributed by atoms with Crippen molar-refractivity contribution in [1.29, 1.82) is 0 Å². The number of rotatable bonds is 4. The summed E-state index contributed by atoms with van der Waals surface area (Å²) < 4.78 is 0. The second kappa shape index (κ2) is 7.40. The van der Waals surface area contributed by atoms with Crippen molar-refractivity contribution in [3.63, 3.8) is 0 Å². The van der Waals surface area contributed by atoms with Crippen molar-refractivity contribution in [1.82, 2.24) is 4.98 Å². The van der Waals surface area contributed by atoms with Gasteiger partial charge in [0.2, 0.25) is 0 Å². The fourth-order valence-corrected chi connectivity index (χ4v) is 2.35. The van der Waals surface area contributed by atoms with E-state index in [-0.39, 0.29) is 17.5 Å². The molecule has 124 valence electrons. The molecule has 0 aliphatic heterocycles. The summed E-state index contributed by atoms with van der Waals surface area (Å²) in [6.07, 6.45) is 1.46. The molecule has 3 rings (SSSR count). The van der Waals surface area contributed by atoms with Gasteiger partial charge in [-0.05, 0) is 36.4 Å². The molecule has 5 nitrogen and oxygen atoms in total. The minimum Gasteiger partial charge on any atom is -0.322 e. The highest BCUT2D eigenvalue weighted by Crippen LogP contribution is 2.15. The zero-order valence-corrected chi connectivity index (χ0v) is 13.7. The van der Waals surface area contributed by atoms with Gasteiger partial charge in [-0.25, -0.2) is 0 Å². The quantitative estimate of drug-likeness (QED) is 0.794. The topological polar surface area (TPSA) is 62.3 Å². The van der Waals surface area contributed by atoms with Crippen molar-refractivity contribution in [2.45, 2.75) is 0 Å². The van der Waals surface area contributed by atoms with Crippen LogP contribution in [0.3, 0.4) is 0 Å². The third-order valence-corrected chi connectivity index (χ3v) is 3.72. The number of para-hydroxylation sites is 2. The Bertz CT molecular complexity index is 880. The van der Waals surface area contributed by atoms with E-state index in [1.807, 2.05) is 48.5 Å². The van der Waals surface area contributed by atoms with Gasteiger partial charge in [-0.1, -0.05) is 36.4 Å². The zero-order chi connectivity index (χ0) is 17.6. The van der Waals surface area contributed by atoms with Crippen LogP contribution in [0.2, 0.25) is 0 Å². The van der Waals surface area contributed by atoms with Crippen molar-refractivity contribution < 1.29 is 9.59 Å². The molecule has 0 unspecified atom stereocenters. The third-order valence-electron chi connectivity index (χ3n) is 3.72. The summed E-state index contributed by atoms with van der Waals surface area (Å²) in [5.74, 6) is -0.564. The predicted octanol–water partition coefficient (Wildman–Crippen LogP) is 3.61. The number of carbonyl (C=O) groups excluding carboxylic acids is 2. The molecule has 2 aromatic carbocycles. The highest BCUT2D eigenvalue weighted by atomic mass is 16.2. The Morgan fingerprint density at radius 1 is 0.920 bits per heavy atom. The average Bonchev–Trinajstić information content (AvgIpc) is 2.68. The van der Waals surface area contributed by atoms with Crippen LogP contribution in [-0.4, -0.2) is 23.8 Å². The second-order valence-electron chi connectivity index (χ2n) is 5.45. The Morgan fingerprint density at radius 2 is 1.56 bits per heavy atom. The number of benzene rings is 2. The van der Waals surface area contributed by atoms with Crippen LogP contribution in [0.4, 0.5) is 11.4 Å². The molecule has 0 fully saturated rings. The summed E-state index contributed by atoms with van der Waals surface area (Å²) in [6, 6.07) is 21.5. The summed E-state index contributed by atoms with van der Waals surface area (Å²) >= 11 is 0. The molecular formula is C20H17N3O2.